The van der Waals surface area contributed by atoms with Crippen LogP contribution >= 0.6 is 0 Å². The Morgan fingerprint density at radius 2 is 2.12 bits per heavy atom. The molecule has 0 radical (unpaired) electrons. The molecule has 1 aromatic rings. The van der Waals surface area contributed by atoms with E-state index in [-0.39, 0.29) is 11.3 Å². The number of carbonyl (C=O) groups excluding carboxylic acids is 1. The molecule has 0 saturated carbocycles. The van der Waals surface area contributed by atoms with Crippen molar-refractivity contribution in [3.8, 4) is 0 Å². The number of carbonyl (C=O) groups is 3. The Hall–Kier alpha value is -2.31. The molecule has 2 N–H and O–H groups in total. The van der Waals surface area contributed by atoms with Gasteiger partial charge in [-0.3, -0.25) is 9.69 Å². The third kappa shape index (κ3) is 1.33. The number of amides is 1. The molecule has 1 unspecified atom stereocenters. The molecule has 0 saturated heterocycles. The minimum atomic E-state index is -1.47. The second-order valence-corrected chi connectivity index (χ2v) is 3.27. The third-order valence-electron chi connectivity index (χ3n) is 2.35. The van der Waals surface area contributed by atoms with E-state index in [1.165, 1.54) is 12.3 Å². The van der Waals surface area contributed by atoms with Gasteiger partial charge in [-0.1, -0.05) is 0 Å². The van der Waals surface area contributed by atoms with Crippen LogP contribution in [0.15, 0.2) is 16.7 Å². The Balaban J connectivity index is 2.53. The van der Waals surface area contributed by atoms with Crippen molar-refractivity contribution in [3.63, 3.8) is 0 Å². The van der Waals surface area contributed by atoms with Gasteiger partial charge >= 0.3 is 12.1 Å². The Kier molecular flexibility index (Phi) is 2.15. The maximum atomic E-state index is 11.5. The van der Waals surface area contributed by atoms with E-state index in [0.717, 1.165) is 0 Å². The molecule has 0 bridgehead atoms. The van der Waals surface area contributed by atoms with Crippen molar-refractivity contribution in [1.29, 1.82) is 0 Å². The maximum Gasteiger partial charge on any atom is 0.408 e. The van der Waals surface area contributed by atoms with E-state index >= 15 is 0 Å². The van der Waals surface area contributed by atoms with Crippen LogP contribution in [-0.4, -0.2) is 39.5 Å². The van der Waals surface area contributed by atoms with E-state index in [9.17, 15) is 14.4 Å². The summed E-state index contributed by atoms with van der Waals surface area (Å²) in [6.45, 7) is -0.473. The van der Waals surface area contributed by atoms with E-state index in [1.807, 2.05) is 0 Å². The topological polar surface area (TPSA) is 108 Å². The molecule has 2 heterocycles. The van der Waals surface area contributed by atoms with Crippen LogP contribution in [0.25, 0.3) is 0 Å². The third-order valence-corrected chi connectivity index (χ3v) is 2.35. The molecule has 0 aliphatic carbocycles. The molecule has 1 aliphatic rings. The number of aliphatic carboxylic acids is 1. The molecule has 7 heteroatoms. The van der Waals surface area contributed by atoms with Crippen LogP contribution in [0.5, 0.6) is 0 Å². The lowest BCUT2D eigenvalue weighted by molar-refractivity contribution is -0.143. The predicted molar refractivity (Wildman–Crippen MR) is 48.1 cm³/mol. The summed E-state index contributed by atoms with van der Waals surface area (Å²) in [5.41, 5.74) is 0.130. The summed E-state index contributed by atoms with van der Waals surface area (Å²) in [4.78, 5) is 33.8. The summed E-state index contributed by atoms with van der Waals surface area (Å²) in [5.74, 6) is -1.97. The maximum absolute atomic E-state index is 11.5. The molecule has 1 aromatic heterocycles. The Morgan fingerprint density at radius 3 is 2.69 bits per heavy atom. The average molecular weight is 225 g/mol. The summed E-state index contributed by atoms with van der Waals surface area (Å²) >= 11 is 0. The smallest absolute Gasteiger partial charge is 0.408 e. The number of rotatable bonds is 1. The Bertz CT molecular complexity index is 476. The summed E-state index contributed by atoms with van der Waals surface area (Å²) in [6.07, 6.45) is -0.299. The van der Waals surface area contributed by atoms with Gasteiger partial charge in [0.25, 0.3) is 0 Å². The van der Waals surface area contributed by atoms with E-state index in [2.05, 4.69) is 0 Å². The van der Waals surface area contributed by atoms with Gasteiger partial charge in [0.2, 0.25) is 0 Å². The van der Waals surface area contributed by atoms with Crippen molar-refractivity contribution >= 4 is 17.8 Å². The minimum absolute atomic E-state index is 0.130. The van der Waals surface area contributed by atoms with Crippen LogP contribution in [0.1, 0.15) is 22.2 Å². The van der Waals surface area contributed by atoms with Gasteiger partial charge in [0, 0.05) is 0 Å². The van der Waals surface area contributed by atoms with Crippen molar-refractivity contribution in [3.05, 3.63) is 23.7 Å². The lowest BCUT2D eigenvalue weighted by Gasteiger charge is -2.28. The molecule has 2 rings (SSSR count). The highest BCUT2D eigenvalue weighted by molar-refractivity contribution is 6.03. The SMILES string of the molecule is O=C1CN(C(=O)O)C(C(=O)O)c2occc21. The molecular formula is C9H7NO6. The number of furan rings is 1. The van der Waals surface area contributed by atoms with Crippen molar-refractivity contribution in [2.45, 2.75) is 6.04 Å². The molecule has 1 amide bonds. The van der Waals surface area contributed by atoms with Crippen molar-refractivity contribution in [2.24, 2.45) is 0 Å². The zero-order valence-corrected chi connectivity index (χ0v) is 7.91. The number of hydrogen-bond donors (Lipinski definition) is 2. The van der Waals surface area contributed by atoms with Gasteiger partial charge in [-0.15, -0.1) is 0 Å². The zero-order valence-electron chi connectivity index (χ0n) is 7.91. The van der Waals surface area contributed by atoms with E-state index < -0.39 is 30.4 Å². The van der Waals surface area contributed by atoms with Gasteiger partial charge < -0.3 is 14.6 Å². The van der Waals surface area contributed by atoms with Crippen LogP contribution < -0.4 is 0 Å². The fourth-order valence-electron chi connectivity index (χ4n) is 1.66. The van der Waals surface area contributed by atoms with Crippen molar-refractivity contribution in [2.75, 3.05) is 6.54 Å². The van der Waals surface area contributed by atoms with Gasteiger partial charge in [-0.25, -0.2) is 9.59 Å². The number of Topliss-reactive ketones (excluding diaryl/α,β-unsaturated/α-hetero) is 1. The molecular weight excluding hydrogens is 218 g/mol. The number of carboxylic acid groups (broad SMARTS) is 2. The average Bonchev–Trinajstić information content (AvgIpc) is 2.65. The second kappa shape index (κ2) is 3.37. The number of carboxylic acids is 1. The van der Waals surface area contributed by atoms with Gasteiger partial charge in [0.1, 0.15) is 5.76 Å². The van der Waals surface area contributed by atoms with E-state index in [1.54, 1.807) is 0 Å². The Morgan fingerprint density at radius 1 is 1.44 bits per heavy atom. The predicted octanol–water partition coefficient (Wildman–Crippen LogP) is 0.582. The van der Waals surface area contributed by atoms with Crippen LogP contribution in [0.3, 0.4) is 0 Å². The summed E-state index contributed by atoms with van der Waals surface area (Å²) < 4.78 is 4.87. The molecule has 16 heavy (non-hydrogen) atoms. The van der Waals surface area contributed by atoms with E-state index in [0.29, 0.717) is 4.90 Å². The van der Waals surface area contributed by atoms with Crippen molar-refractivity contribution in [1.82, 2.24) is 4.90 Å². The van der Waals surface area contributed by atoms with Gasteiger partial charge in [-0.2, -0.15) is 0 Å². The molecule has 1 aliphatic heterocycles. The van der Waals surface area contributed by atoms with E-state index in [4.69, 9.17) is 14.6 Å². The summed E-state index contributed by atoms with van der Waals surface area (Å²) in [7, 11) is 0. The zero-order chi connectivity index (χ0) is 11.9. The largest absolute Gasteiger partial charge is 0.479 e. The highest BCUT2D eigenvalue weighted by atomic mass is 16.4. The van der Waals surface area contributed by atoms with Gasteiger partial charge in [0.05, 0.1) is 18.4 Å². The summed E-state index contributed by atoms with van der Waals surface area (Å²) in [6, 6.07) is -0.118. The number of ketones is 1. The lowest BCUT2D eigenvalue weighted by Crippen LogP contribution is -2.45. The molecule has 0 spiro atoms. The van der Waals surface area contributed by atoms with Crippen molar-refractivity contribution < 1.29 is 29.0 Å². The Labute approximate surface area is 88.9 Å². The van der Waals surface area contributed by atoms with Crippen LogP contribution in [-0.2, 0) is 4.79 Å². The fourth-order valence-corrected chi connectivity index (χ4v) is 1.66. The molecule has 0 fully saturated rings. The quantitative estimate of drug-likeness (QED) is 0.723. The first-order valence-electron chi connectivity index (χ1n) is 4.35. The van der Waals surface area contributed by atoms with Crippen LogP contribution in [0, 0.1) is 0 Å². The summed E-state index contributed by atoms with van der Waals surface area (Å²) in [5, 5.41) is 17.7. The highest BCUT2D eigenvalue weighted by Gasteiger charge is 2.42. The lowest BCUT2D eigenvalue weighted by atomic mass is 10.0. The fraction of sp³-hybridized carbons (Fsp3) is 0.222. The number of hydrogen-bond acceptors (Lipinski definition) is 4. The second-order valence-electron chi connectivity index (χ2n) is 3.27. The number of nitrogens with zero attached hydrogens (tertiary/aromatic N) is 1. The van der Waals surface area contributed by atoms with Crippen LogP contribution in [0.2, 0.25) is 0 Å². The molecule has 0 aromatic carbocycles. The minimum Gasteiger partial charge on any atom is -0.479 e. The first kappa shape index (κ1) is 10.2. The van der Waals surface area contributed by atoms with Crippen LogP contribution in [0.4, 0.5) is 4.79 Å². The molecule has 7 nitrogen and oxygen atoms in total. The number of fused-ring (bicyclic) bond motifs is 1. The standard InChI is InChI=1S/C9H7NO6/c11-5-3-10(9(14)15)6(8(12)13)7-4(5)1-2-16-7/h1-2,6H,3H2,(H,12,13)(H,14,15). The monoisotopic (exact) mass is 225 g/mol. The molecule has 84 valence electrons. The van der Waals surface area contributed by atoms with Gasteiger partial charge in [-0.05, 0) is 6.07 Å². The first-order chi connectivity index (χ1) is 7.52. The highest BCUT2D eigenvalue weighted by Crippen LogP contribution is 2.30. The van der Waals surface area contributed by atoms with Gasteiger partial charge in [0.15, 0.2) is 11.8 Å². The normalized spacial score (nSPS) is 19.4. The molecule has 1 atom stereocenters. The first-order valence-corrected chi connectivity index (χ1v) is 4.35.